The molecule has 0 aromatic heterocycles. The number of unbranched alkanes of at least 4 members (excludes halogenated alkanes) is 12. The molecule has 4 nitrogen and oxygen atoms in total. The molecule has 0 aliphatic carbocycles. The summed E-state index contributed by atoms with van der Waals surface area (Å²) in [5.41, 5.74) is 5.67. The van der Waals surface area contributed by atoms with Gasteiger partial charge in [-0.3, -0.25) is 4.79 Å². The Morgan fingerprint density at radius 2 is 1.25 bits per heavy atom. The number of nitrogens with two attached hydrogens (primary N) is 1. The lowest BCUT2D eigenvalue weighted by atomic mass is 10.0. The van der Waals surface area contributed by atoms with Gasteiger partial charge in [0, 0.05) is 0 Å². The molecule has 0 aliphatic rings. The van der Waals surface area contributed by atoms with E-state index in [0.717, 1.165) is 12.8 Å². The van der Waals surface area contributed by atoms with E-state index in [0.29, 0.717) is 13.0 Å². The molecule has 4 heteroatoms. The SMILES string of the molecule is CCCCCCCCCCCCCCCC(O)C(N)C(=O)OCC. The number of carbonyl (C=O) groups is 1. The molecular formula is C20H41NO3. The summed E-state index contributed by atoms with van der Waals surface area (Å²) in [6.07, 6.45) is 16.7. The van der Waals surface area contributed by atoms with Crippen LogP contribution in [0.25, 0.3) is 0 Å². The summed E-state index contributed by atoms with van der Waals surface area (Å²) < 4.78 is 4.82. The molecule has 0 aromatic carbocycles. The number of esters is 1. The molecule has 3 N–H and O–H groups in total. The van der Waals surface area contributed by atoms with Gasteiger partial charge in [0.2, 0.25) is 0 Å². The molecule has 24 heavy (non-hydrogen) atoms. The average Bonchev–Trinajstić information content (AvgIpc) is 2.58. The summed E-state index contributed by atoms with van der Waals surface area (Å²) in [5.74, 6) is -0.500. The molecule has 2 unspecified atom stereocenters. The van der Waals surface area contributed by atoms with Gasteiger partial charge in [-0.15, -0.1) is 0 Å². The third-order valence-corrected chi connectivity index (χ3v) is 4.58. The highest BCUT2D eigenvalue weighted by Gasteiger charge is 2.23. The Bertz CT molecular complexity index is 284. The zero-order valence-corrected chi connectivity index (χ0v) is 16.1. The second-order valence-electron chi connectivity index (χ2n) is 6.88. The van der Waals surface area contributed by atoms with Crippen LogP contribution in [0.4, 0.5) is 0 Å². The maximum Gasteiger partial charge on any atom is 0.325 e. The Labute approximate surface area is 149 Å². The first-order chi connectivity index (χ1) is 11.6. The number of ether oxygens (including phenoxy) is 1. The Kier molecular flexibility index (Phi) is 16.8. The van der Waals surface area contributed by atoms with Crippen LogP contribution in [0, 0.1) is 0 Å². The van der Waals surface area contributed by atoms with Crippen molar-refractivity contribution < 1.29 is 14.6 Å². The summed E-state index contributed by atoms with van der Waals surface area (Å²) in [6.45, 7) is 4.30. The van der Waals surface area contributed by atoms with Gasteiger partial charge in [0.25, 0.3) is 0 Å². The van der Waals surface area contributed by atoms with Crippen LogP contribution in [0.3, 0.4) is 0 Å². The van der Waals surface area contributed by atoms with E-state index < -0.39 is 18.1 Å². The van der Waals surface area contributed by atoms with Crippen molar-refractivity contribution in [1.82, 2.24) is 0 Å². The number of rotatable bonds is 17. The van der Waals surface area contributed by atoms with E-state index in [4.69, 9.17) is 10.5 Å². The molecule has 0 aromatic rings. The molecule has 0 fully saturated rings. The first kappa shape index (κ1) is 23.4. The van der Waals surface area contributed by atoms with Crippen molar-refractivity contribution in [2.45, 2.75) is 116 Å². The molecule has 0 heterocycles. The minimum atomic E-state index is -0.901. The largest absolute Gasteiger partial charge is 0.465 e. The number of hydrogen-bond acceptors (Lipinski definition) is 4. The van der Waals surface area contributed by atoms with Crippen LogP contribution >= 0.6 is 0 Å². The third kappa shape index (κ3) is 13.8. The van der Waals surface area contributed by atoms with Crippen molar-refractivity contribution in [2.24, 2.45) is 5.73 Å². The average molecular weight is 344 g/mol. The van der Waals surface area contributed by atoms with E-state index in [1.165, 1.54) is 70.6 Å². The second-order valence-corrected chi connectivity index (χ2v) is 6.88. The number of hydrogen-bond donors (Lipinski definition) is 2. The zero-order valence-electron chi connectivity index (χ0n) is 16.1. The summed E-state index contributed by atoms with van der Waals surface area (Å²) in [4.78, 5) is 11.4. The molecular weight excluding hydrogens is 302 g/mol. The fourth-order valence-corrected chi connectivity index (χ4v) is 2.95. The highest BCUT2D eigenvalue weighted by Crippen LogP contribution is 2.14. The molecule has 0 saturated heterocycles. The van der Waals surface area contributed by atoms with E-state index in [1.807, 2.05) is 0 Å². The molecule has 2 atom stereocenters. The van der Waals surface area contributed by atoms with E-state index in [9.17, 15) is 9.90 Å². The number of aliphatic hydroxyl groups is 1. The Morgan fingerprint density at radius 3 is 1.67 bits per heavy atom. The van der Waals surface area contributed by atoms with E-state index in [2.05, 4.69) is 6.92 Å². The Morgan fingerprint density at radius 1 is 0.833 bits per heavy atom. The van der Waals surface area contributed by atoms with Crippen LogP contribution in [0.5, 0.6) is 0 Å². The minimum absolute atomic E-state index is 0.304. The first-order valence-corrected chi connectivity index (χ1v) is 10.2. The summed E-state index contributed by atoms with van der Waals surface area (Å²) in [6, 6.07) is -0.901. The maximum absolute atomic E-state index is 11.4. The lowest BCUT2D eigenvalue weighted by Gasteiger charge is -2.17. The molecule has 0 amide bonds. The van der Waals surface area contributed by atoms with Gasteiger partial charge in [0.05, 0.1) is 12.7 Å². The predicted octanol–water partition coefficient (Wildman–Crippen LogP) is 4.72. The molecule has 0 rings (SSSR count). The van der Waals surface area contributed by atoms with Crippen molar-refractivity contribution in [3.8, 4) is 0 Å². The second kappa shape index (κ2) is 17.2. The van der Waals surface area contributed by atoms with Crippen LogP contribution in [-0.2, 0) is 9.53 Å². The zero-order chi connectivity index (χ0) is 18.0. The number of carbonyl (C=O) groups excluding carboxylic acids is 1. The van der Waals surface area contributed by atoms with Crippen LogP contribution < -0.4 is 5.73 Å². The van der Waals surface area contributed by atoms with Crippen molar-refractivity contribution in [1.29, 1.82) is 0 Å². The Balaban J connectivity index is 3.31. The fraction of sp³-hybridized carbons (Fsp3) is 0.950. The van der Waals surface area contributed by atoms with Gasteiger partial charge < -0.3 is 15.6 Å². The standard InChI is InChI=1S/C20H41NO3/c1-3-5-6-7-8-9-10-11-12-13-14-15-16-17-18(22)19(21)20(23)24-4-2/h18-19,22H,3-17,21H2,1-2H3. The van der Waals surface area contributed by atoms with E-state index in [1.54, 1.807) is 6.92 Å². The minimum Gasteiger partial charge on any atom is -0.465 e. The van der Waals surface area contributed by atoms with Crippen LogP contribution in [0.15, 0.2) is 0 Å². The normalized spacial score (nSPS) is 13.7. The molecule has 144 valence electrons. The van der Waals surface area contributed by atoms with Gasteiger partial charge in [-0.2, -0.15) is 0 Å². The molecule has 0 spiro atoms. The quantitative estimate of drug-likeness (QED) is 0.296. The molecule has 0 aliphatic heterocycles. The van der Waals surface area contributed by atoms with Gasteiger partial charge >= 0.3 is 5.97 Å². The molecule has 0 bridgehead atoms. The maximum atomic E-state index is 11.4. The van der Waals surface area contributed by atoms with Gasteiger partial charge in [0.1, 0.15) is 6.04 Å². The van der Waals surface area contributed by atoms with Crippen LogP contribution in [0.1, 0.15) is 104 Å². The first-order valence-electron chi connectivity index (χ1n) is 10.2. The van der Waals surface area contributed by atoms with Crippen molar-refractivity contribution in [3.05, 3.63) is 0 Å². The van der Waals surface area contributed by atoms with Crippen LogP contribution in [0.2, 0.25) is 0 Å². The highest BCUT2D eigenvalue weighted by atomic mass is 16.5. The third-order valence-electron chi connectivity index (χ3n) is 4.58. The summed E-state index contributed by atoms with van der Waals surface area (Å²) >= 11 is 0. The van der Waals surface area contributed by atoms with Crippen molar-refractivity contribution in [3.63, 3.8) is 0 Å². The Hall–Kier alpha value is -0.610. The smallest absolute Gasteiger partial charge is 0.325 e. The monoisotopic (exact) mass is 343 g/mol. The number of aliphatic hydroxyl groups excluding tert-OH is 1. The molecule has 0 saturated carbocycles. The lowest BCUT2D eigenvalue weighted by Crippen LogP contribution is -2.43. The van der Waals surface area contributed by atoms with Gasteiger partial charge in [-0.05, 0) is 13.3 Å². The van der Waals surface area contributed by atoms with Gasteiger partial charge in [-0.1, -0.05) is 90.4 Å². The summed E-state index contributed by atoms with van der Waals surface area (Å²) in [5, 5.41) is 9.87. The topological polar surface area (TPSA) is 72.5 Å². The lowest BCUT2D eigenvalue weighted by molar-refractivity contribution is -0.147. The van der Waals surface area contributed by atoms with E-state index >= 15 is 0 Å². The van der Waals surface area contributed by atoms with Crippen LogP contribution in [-0.4, -0.2) is 29.8 Å². The fourth-order valence-electron chi connectivity index (χ4n) is 2.95. The molecule has 0 radical (unpaired) electrons. The predicted molar refractivity (Wildman–Crippen MR) is 101 cm³/mol. The van der Waals surface area contributed by atoms with Crippen molar-refractivity contribution in [2.75, 3.05) is 6.61 Å². The van der Waals surface area contributed by atoms with Crippen molar-refractivity contribution >= 4 is 5.97 Å². The highest BCUT2D eigenvalue weighted by molar-refractivity contribution is 5.76. The van der Waals surface area contributed by atoms with Gasteiger partial charge in [-0.25, -0.2) is 0 Å². The van der Waals surface area contributed by atoms with E-state index in [-0.39, 0.29) is 0 Å². The summed E-state index contributed by atoms with van der Waals surface area (Å²) in [7, 11) is 0. The van der Waals surface area contributed by atoms with Gasteiger partial charge in [0.15, 0.2) is 0 Å².